The van der Waals surface area contributed by atoms with Crippen molar-refractivity contribution >= 4 is 37.2 Å². The minimum absolute atomic E-state index is 0.290. The van der Waals surface area contributed by atoms with Crippen molar-refractivity contribution in [2.45, 2.75) is 12.5 Å². The van der Waals surface area contributed by atoms with Crippen molar-refractivity contribution < 1.29 is 13.3 Å². The van der Waals surface area contributed by atoms with E-state index >= 15 is 0 Å². The Kier molecular flexibility index (Phi) is 3.54. The average Bonchev–Trinajstić information content (AvgIpc) is 3.13. The molecule has 2 aromatic heterocycles. The molecule has 0 bridgehead atoms. The highest BCUT2D eigenvalue weighted by Gasteiger charge is 2.37. The first kappa shape index (κ1) is 14.3. The predicted octanol–water partition coefficient (Wildman–Crippen LogP) is -0.417. The van der Waals surface area contributed by atoms with E-state index in [4.69, 9.17) is 0 Å². The molecule has 118 valence electrons. The molecule has 1 N–H and O–H groups in total. The molecule has 0 aliphatic carbocycles. The van der Waals surface area contributed by atoms with Gasteiger partial charge in [0.15, 0.2) is 9.84 Å². The number of quaternary nitrogens is 1. The molecule has 2 fully saturated rings. The molecule has 0 spiro atoms. The number of aromatic nitrogens is 2. The second-order valence-corrected chi connectivity index (χ2v) is 9.21. The maximum absolute atomic E-state index is 11.6. The van der Waals surface area contributed by atoms with Crippen LogP contribution in [-0.4, -0.2) is 62.1 Å². The van der Waals surface area contributed by atoms with Gasteiger partial charge in [-0.05, 0) is 11.4 Å². The summed E-state index contributed by atoms with van der Waals surface area (Å²) in [6.07, 6.45) is 2.46. The van der Waals surface area contributed by atoms with E-state index in [0.717, 1.165) is 48.6 Å². The number of fused-ring (bicyclic) bond motifs is 1. The zero-order chi connectivity index (χ0) is 15.2. The molecular weight excluding hydrogens is 320 g/mol. The van der Waals surface area contributed by atoms with Gasteiger partial charge in [0.25, 0.3) is 0 Å². The van der Waals surface area contributed by atoms with E-state index in [9.17, 15) is 8.42 Å². The maximum Gasteiger partial charge on any atom is 0.156 e. The van der Waals surface area contributed by atoms with Gasteiger partial charge in [-0.2, -0.15) is 0 Å². The van der Waals surface area contributed by atoms with Gasteiger partial charge in [0.2, 0.25) is 0 Å². The number of thiophene rings is 1. The van der Waals surface area contributed by atoms with Crippen molar-refractivity contribution in [2.24, 2.45) is 0 Å². The van der Waals surface area contributed by atoms with Gasteiger partial charge in [-0.3, -0.25) is 0 Å². The van der Waals surface area contributed by atoms with Crippen LogP contribution in [0.2, 0.25) is 0 Å². The molecule has 0 unspecified atom stereocenters. The number of sulfone groups is 1. The van der Waals surface area contributed by atoms with Gasteiger partial charge in [-0.25, -0.2) is 18.4 Å². The van der Waals surface area contributed by atoms with Crippen LogP contribution in [0.4, 0.5) is 5.82 Å². The van der Waals surface area contributed by atoms with Gasteiger partial charge in [0, 0.05) is 6.42 Å². The number of hydrogen-bond donors (Lipinski definition) is 1. The van der Waals surface area contributed by atoms with Crippen LogP contribution in [0.5, 0.6) is 0 Å². The smallest absolute Gasteiger partial charge is 0.156 e. The molecule has 6 nitrogen and oxygen atoms in total. The summed E-state index contributed by atoms with van der Waals surface area (Å²) in [6, 6.07) is 2.37. The van der Waals surface area contributed by atoms with E-state index in [1.54, 1.807) is 17.7 Å². The SMILES string of the molecule is O=S1(=O)CC[C@H]([NH+]2CCN(c3ncnc4sccc34)CC2)C1. The number of nitrogens with zero attached hydrogens (tertiary/aromatic N) is 3. The van der Waals surface area contributed by atoms with Crippen LogP contribution in [0.1, 0.15) is 6.42 Å². The fraction of sp³-hybridized carbons (Fsp3) is 0.571. The Hall–Kier alpha value is -1.25. The first-order valence-electron chi connectivity index (χ1n) is 7.60. The summed E-state index contributed by atoms with van der Waals surface area (Å²) in [5.74, 6) is 1.75. The number of anilines is 1. The summed E-state index contributed by atoms with van der Waals surface area (Å²) < 4.78 is 23.3. The van der Waals surface area contributed by atoms with Gasteiger partial charge in [0.1, 0.15) is 28.8 Å². The zero-order valence-electron chi connectivity index (χ0n) is 12.2. The topological polar surface area (TPSA) is 67.6 Å². The van der Waals surface area contributed by atoms with Crippen molar-refractivity contribution in [3.8, 4) is 0 Å². The predicted molar refractivity (Wildman–Crippen MR) is 87.4 cm³/mol. The van der Waals surface area contributed by atoms with E-state index in [2.05, 4.69) is 20.9 Å². The molecule has 4 heterocycles. The zero-order valence-corrected chi connectivity index (χ0v) is 13.9. The Morgan fingerprint density at radius 3 is 2.82 bits per heavy atom. The summed E-state index contributed by atoms with van der Waals surface area (Å²) in [6.45, 7) is 3.81. The van der Waals surface area contributed by atoms with Crippen LogP contribution in [0.15, 0.2) is 17.8 Å². The van der Waals surface area contributed by atoms with Crippen LogP contribution in [0.25, 0.3) is 10.2 Å². The van der Waals surface area contributed by atoms with Gasteiger partial charge < -0.3 is 9.80 Å². The van der Waals surface area contributed by atoms with Crippen molar-refractivity contribution in [3.63, 3.8) is 0 Å². The molecule has 1 atom stereocenters. The largest absolute Gasteiger partial charge is 0.345 e. The van der Waals surface area contributed by atoms with E-state index in [-0.39, 0.29) is 0 Å². The third kappa shape index (κ3) is 2.59. The fourth-order valence-electron chi connectivity index (χ4n) is 3.56. The van der Waals surface area contributed by atoms with Crippen LogP contribution in [0, 0.1) is 0 Å². The number of piperazine rings is 1. The molecule has 2 aliphatic heterocycles. The molecule has 0 radical (unpaired) electrons. The lowest BCUT2D eigenvalue weighted by Crippen LogP contribution is -3.18. The van der Waals surface area contributed by atoms with Crippen molar-refractivity contribution in [1.29, 1.82) is 0 Å². The molecule has 2 saturated heterocycles. The number of hydrogen-bond acceptors (Lipinski definition) is 6. The van der Waals surface area contributed by atoms with Crippen molar-refractivity contribution in [3.05, 3.63) is 17.8 Å². The summed E-state index contributed by atoms with van der Waals surface area (Å²) in [7, 11) is -2.79. The van der Waals surface area contributed by atoms with E-state index in [1.807, 2.05) is 5.38 Å². The Balaban J connectivity index is 1.47. The summed E-state index contributed by atoms with van der Waals surface area (Å²) in [5, 5.41) is 3.17. The third-order valence-corrected chi connectivity index (χ3v) is 7.34. The molecule has 0 aromatic carbocycles. The van der Waals surface area contributed by atoms with Gasteiger partial charge in [-0.1, -0.05) is 0 Å². The minimum Gasteiger partial charge on any atom is -0.345 e. The first-order valence-corrected chi connectivity index (χ1v) is 10.3. The monoisotopic (exact) mass is 339 g/mol. The number of rotatable bonds is 2. The van der Waals surface area contributed by atoms with E-state index < -0.39 is 9.84 Å². The standard InChI is InChI=1S/C14H18N4O2S2/c19-22(20)8-2-11(9-22)17-3-5-18(6-4-17)13-12-1-7-21-14(12)16-10-15-13/h1,7,10-11H,2-6,8-9H2/p+1/t11-/m0/s1. The molecule has 8 heteroatoms. The summed E-state index contributed by atoms with van der Waals surface area (Å²) in [5.41, 5.74) is 0. The Labute approximate surface area is 133 Å². The van der Waals surface area contributed by atoms with E-state index in [1.165, 1.54) is 4.90 Å². The summed E-state index contributed by atoms with van der Waals surface area (Å²) in [4.78, 5) is 13.5. The van der Waals surface area contributed by atoms with Gasteiger partial charge in [-0.15, -0.1) is 11.3 Å². The van der Waals surface area contributed by atoms with Crippen LogP contribution in [0.3, 0.4) is 0 Å². The Morgan fingerprint density at radius 1 is 1.27 bits per heavy atom. The molecule has 0 amide bonds. The third-order valence-electron chi connectivity index (χ3n) is 4.76. The molecule has 22 heavy (non-hydrogen) atoms. The number of nitrogens with one attached hydrogen (secondary N) is 1. The second-order valence-electron chi connectivity index (χ2n) is 6.08. The van der Waals surface area contributed by atoms with Crippen LogP contribution < -0.4 is 9.80 Å². The highest BCUT2D eigenvalue weighted by Crippen LogP contribution is 2.26. The quantitative estimate of drug-likeness (QED) is 0.805. The van der Waals surface area contributed by atoms with Crippen molar-refractivity contribution in [2.75, 3.05) is 42.6 Å². The normalized spacial score (nSPS) is 25.8. The Morgan fingerprint density at radius 2 is 2.09 bits per heavy atom. The molecule has 2 aliphatic rings. The lowest BCUT2D eigenvalue weighted by molar-refractivity contribution is -0.922. The molecule has 4 rings (SSSR count). The minimum atomic E-state index is -2.79. The van der Waals surface area contributed by atoms with Crippen LogP contribution in [-0.2, 0) is 9.84 Å². The van der Waals surface area contributed by atoms with E-state index in [0.29, 0.717) is 17.5 Å². The highest BCUT2D eigenvalue weighted by molar-refractivity contribution is 7.91. The average molecular weight is 339 g/mol. The maximum atomic E-state index is 11.6. The summed E-state index contributed by atoms with van der Waals surface area (Å²) >= 11 is 1.64. The van der Waals surface area contributed by atoms with Crippen LogP contribution >= 0.6 is 11.3 Å². The Bertz CT molecular complexity index is 781. The van der Waals surface area contributed by atoms with Gasteiger partial charge in [0.05, 0.1) is 37.3 Å². The highest BCUT2D eigenvalue weighted by atomic mass is 32.2. The first-order chi connectivity index (χ1) is 10.6. The van der Waals surface area contributed by atoms with Gasteiger partial charge >= 0.3 is 0 Å². The molecule has 0 saturated carbocycles. The molecule has 2 aromatic rings. The van der Waals surface area contributed by atoms with Crippen molar-refractivity contribution in [1.82, 2.24) is 9.97 Å². The lowest BCUT2D eigenvalue weighted by atomic mass is 10.2. The molecular formula is C14H19N4O2S2+. The second kappa shape index (κ2) is 5.43. The fourth-order valence-corrected chi connectivity index (χ4v) is 6.11. The lowest BCUT2D eigenvalue weighted by Gasteiger charge is -2.35.